The molecule has 36 heavy (non-hydrogen) atoms. The second kappa shape index (κ2) is 9.56. The number of ether oxygens (including phenoxy) is 4. The van der Waals surface area contributed by atoms with E-state index in [1.165, 1.54) is 5.56 Å². The summed E-state index contributed by atoms with van der Waals surface area (Å²) in [4.78, 5) is 15.7. The molecule has 3 aromatic rings. The highest BCUT2D eigenvalue weighted by molar-refractivity contribution is 9.10. The molecule has 3 aliphatic rings. The second-order valence-corrected chi connectivity index (χ2v) is 10.5. The van der Waals surface area contributed by atoms with Crippen LogP contribution in [-0.2, 0) is 24.3 Å². The van der Waals surface area contributed by atoms with Crippen molar-refractivity contribution in [2.24, 2.45) is 0 Å². The summed E-state index contributed by atoms with van der Waals surface area (Å²) in [6.07, 6.45) is 2.62. The minimum absolute atomic E-state index is 0.135. The van der Waals surface area contributed by atoms with Crippen LogP contribution >= 0.6 is 27.5 Å². The summed E-state index contributed by atoms with van der Waals surface area (Å²) in [7, 11) is 0. The summed E-state index contributed by atoms with van der Waals surface area (Å²) < 4.78 is 24.4. The van der Waals surface area contributed by atoms with Crippen LogP contribution < -0.4 is 14.2 Å². The predicted octanol–water partition coefficient (Wildman–Crippen LogP) is 6.29. The molecule has 0 amide bonds. The third kappa shape index (κ3) is 4.41. The first-order valence-corrected chi connectivity index (χ1v) is 12.9. The van der Waals surface area contributed by atoms with Gasteiger partial charge in [-0.15, -0.1) is 0 Å². The van der Waals surface area contributed by atoms with Gasteiger partial charge in [-0.05, 0) is 60.9 Å². The van der Waals surface area contributed by atoms with Gasteiger partial charge in [-0.25, -0.2) is 0 Å². The van der Waals surface area contributed by atoms with Crippen molar-refractivity contribution >= 4 is 39.4 Å². The van der Waals surface area contributed by atoms with E-state index in [1.54, 1.807) is 6.08 Å². The Labute approximate surface area is 222 Å². The number of Topliss-reactive ketones (excluding diaryl/α,β-unsaturated/α-hetero) is 1. The van der Waals surface area contributed by atoms with Crippen molar-refractivity contribution in [3.05, 3.63) is 91.1 Å². The van der Waals surface area contributed by atoms with Gasteiger partial charge in [-0.2, -0.15) is 0 Å². The van der Waals surface area contributed by atoms with E-state index in [1.807, 2.05) is 49.4 Å². The average Bonchev–Trinajstić information content (AvgIpc) is 3.20. The lowest BCUT2D eigenvalue weighted by Crippen LogP contribution is -2.33. The second-order valence-electron chi connectivity index (χ2n) is 9.11. The van der Waals surface area contributed by atoms with Gasteiger partial charge in [0.25, 0.3) is 0 Å². The molecule has 0 saturated heterocycles. The number of benzene rings is 3. The van der Waals surface area contributed by atoms with E-state index < -0.39 is 0 Å². The van der Waals surface area contributed by atoms with Crippen LogP contribution in [0.1, 0.15) is 38.2 Å². The van der Waals surface area contributed by atoms with Gasteiger partial charge >= 0.3 is 0 Å². The Balaban J connectivity index is 1.28. The van der Waals surface area contributed by atoms with Crippen LogP contribution in [0.15, 0.2) is 52.7 Å². The number of halogens is 2. The van der Waals surface area contributed by atoms with E-state index in [2.05, 4.69) is 20.8 Å². The molecule has 0 radical (unpaired) electrons. The lowest BCUT2D eigenvalue weighted by molar-refractivity contribution is -0.0165. The van der Waals surface area contributed by atoms with Crippen molar-refractivity contribution in [3.63, 3.8) is 0 Å². The van der Waals surface area contributed by atoms with Crippen molar-refractivity contribution in [1.29, 1.82) is 0 Å². The first-order valence-electron chi connectivity index (χ1n) is 11.7. The standard InChI is InChI=1S/C28H23BrClNO5/c1-16-8-23-22(12-31(14-34-23)7-6-17-2-4-21(30)5-3-17)28-25(16)26(32)24(36-28)11-18-9-20(29)10-19-13-33-15-35-27(18)19/h2-5,8-11H,6-7,12-15H2,1H3/b24-11+. The molecule has 6 nitrogen and oxygen atoms in total. The molecule has 0 saturated carbocycles. The lowest BCUT2D eigenvalue weighted by atomic mass is 9.98. The fraction of sp³-hybridized carbons (Fsp3) is 0.250. The molecule has 8 heteroatoms. The largest absolute Gasteiger partial charge is 0.478 e. The lowest BCUT2D eigenvalue weighted by Gasteiger charge is -2.30. The maximum atomic E-state index is 13.4. The zero-order chi connectivity index (χ0) is 24.8. The summed E-state index contributed by atoms with van der Waals surface area (Å²) in [5.74, 6) is 2.20. The normalized spacial score (nSPS) is 17.6. The minimum atomic E-state index is -0.135. The zero-order valence-corrected chi connectivity index (χ0v) is 21.9. The van der Waals surface area contributed by atoms with Crippen LogP contribution in [0.25, 0.3) is 6.08 Å². The molecule has 3 heterocycles. The topological polar surface area (TPSA) is 57.2 Å². The third-order valence-corrected chi connectivity index (χ3v) is 7.32. The Morgan fingerprint density at radius 2 is 1.94 bits per heavy atom. The number of hydrogen-bond donors (Lipinski definition) is 0. The van der Waals surface area contributed by atoms with Gasteiger partial charge in [-0.1, -0.05) is 39.7 Å². The van der Waals surface area contributed by atoms with Crippen LogP contribution in [0.4, 0.5) is 0 Å². The summed E-state index contributed by atoms with van der Waals surface area (Å²) >= 11 is 9.55. The Morgan fingerprint density at radius 1 is 1.11 bits per heavy atom. The highest BCUT2D eigenvalue weighted by Gasteiger charge is 2.35. The number of ketones is 1. The van der Waals surface area contributed by atoms with Gasteiger partial charge in [0, 0.05) is 33.7 Å². The molecule has 0 aliphatic carbocycles. The zero-order valence-electron chi connectivity index (χ0n) is 19.6. The molecular formula is C28H23BrClNO5. The van der Waals surface area contributed by atoms with Gasteiger partial charge in [-0.3, -0.25) is 9.69 Å². The third-order valence-electron chi connectivity index (χ3n) is 6.61. The number of fused-ring (bicyclic) bond motifs is 4. The van der Waals surface area contributed by atoms with Crippen molar-refractivity contribution in [2.45, 2.75) is 26.5 Å². The van der Waals surface area contributed by atoms with E-state index in [0.717, 1.165) is 50.5 Å². The van der Waals surface area contributed by atoms with Crippen molar-refractivity contribution < 1.29 is 23.7 Å². The molecule has 0 N–H and O–H groups in total. The van der Waals surface area contributed by atoms with E-state index in [0.29, 0.717) is 36.9 Å². The van der Waals surface area contributed by atoms with Gasteiger partial charge in [0.1, 0.15) is 24.0 Å². The SMILES string of the molecule is Cc1cc2c(c3c1C(=O)/C(=C\c1cc(Br)cc4c1OCOC4)O3)CN(CCc1ccc(Cl)cc1)CO2. The molecule has 3 aromatic carbocycles. The first kappa shape index (κ1) is 23.6. The molecule has 6 rings (SSSR count). The summed E-state index contributed by atoms with van der Waals surface area (Å²) in [6, 6.07) is 13.7. The smallest absolute Gasteiger partial charge is 0.232 e. The molecule has 0 atom stereocenters. The number of rotatable bonds is 4. The van der Waals surface area contributed by atoms with Gasteiger partial charge < -0.3 is 18.9 Å². The van der Waals surface area contributed by atoms with Crippen LogP contribution in [0.3, 0.4) is 0 Å². The molecular weight excluding hydrogens is 546 g/mol. The van der Waals surface area contributed by atoms with Gasteiger partial charge in [0.2, 0.25) is 5.78 Å². The molecule has 0 bridgehead atoms. The fourth-order valence-corrected chi connectivity index (χ4v) is 5.46. The number of carbonyl (C=O) groups is 1. The maximum absolute atomic E-state index is 13.4. The summed E-state index contributed by atoms with van der Waals surface area (Å²) in [5, 5.41) is 0.730. The van der Waals surface area contributed by atoms with Gasteiger partial charge in [0.15, 0.2) is 12.6 Å². The molecule has 0 aromatic heterocycles. The number of carbonyl (C=O) groups excluding carboxylic acids is 1. The van der Waals surface area contributed by atoms with Crippen LogP contribution in [0.2, 0.25) is 5.02 Å². The number of aryl methyl sites for hydroxylation is 1. The van der Waals surface area contributed by atoms with Crippen molar-refractivity contribution in [3.8, 4) is 17.2 Å². The Bertz CT molecular complexity index is 1400. The molecule has 3 aliphatic heterocycles. The summed E-state index contributed by atoms with van der Waals surface area (Å²) in [6.45, 7) is 4.48. The van der Waals surface area contributed by atoms with E-state index in [9.17, 15) is 4.79 Å². The monoisotopic (exact) mass is 567 g/mol. The highest BCUT2D eigenvalue weighted by atomic mass is 79.9. The van der Waals surface area contributed by atoms with Crippen molar-refractivity contribution in [1.82, 2.24) is 4.90 Å². The van der Waals surface area contributed by atoms with Crippen LogP contribution in [0, 0.1) is 6.92 Å². The van der Waals surface area contributed by atoms with E-state index in [4.69, 9.17) is 30.5 Å². The fourth-order valence-electron chi connectivity index (χ4n) is 4.81. The minimum Gasteiger partial charge on any atom is -0.478 e. The maximum Gasteiger partial charge on any atom is 0.232 e. The Hall–Kier alpha value is -2.84. The number of allylic oxidation sites excluding steroid dienone is 1. The van der Waals surface area contributed by atoms with E-state index in [-0.39, 0.29) is 18.3 Å². The first-order chi connectivity index (χ1) is 17.5. The molecule has 0 spiro atoms. The van der Waals surface area contributed by atoms with E-state index >= 15 is 0 Å². The number of hydrogen-bond acceptors (Lipinski definition) is 6. The summed E-state index contributed by atoms with van der Waals surface area (Å²) in [5.41, 5.74) is 5.23. The number of nitrogens with zero attached hydrogens (tertiary/aromatic N) is 1. The van der Waals surface area contributed by atoms with Crippen LogP contribution in [-0.4, -0.2) is 30.8 Å². The van der Waals surface area contributed by atoms with Crippen molar-refractivity contribution in [2.75, 3.05) is 20.1 Å². The Kier molecular flexibility index (Phi) is 6.25. The predicted molar refractivity (Wildman–Crippen MR) is 140 cm³/mol. The quantitative estimate of drug-likeness (QED) is 0.345. The Morgan fingerprint density at radius 3 is 2.78 bits per heavy atom. The van der Waals surface area contributed by atoms with Gasteiger partial charge in [0.05, 0.1) is 17.7 Å². The average molecular weight is 569 g/mol. The molecule has 0 unspecified atom stereocenters. The highest BCUT2D eigenvalue weighted by Crippen LogP contribution is 2.44. The molecule has 0 fully saturated rings. The molecule has 184 valence electrons. The van der Waals surface area contributed by atoms with Crippen LogP contribution in [0.5, 0.6) is 17.2 Å².